The van der Waals surface area contributed by atoms with Crippen molar-refractivity contribution >= 4 is 29.1 Å². The minimum absolute atomic E-state index is 0.0746. The molecule has 1 aromatic heterocycles. The highest BCUT2D eigenvalue weighted by Gasteiger charge is 2.22. The van der Waals surface area contributed by atoms with Crippen LogP contribution in [0, 0.1) is 15.9 Å². The van der Waals surface area contributed by atoms with Gasteiger partial charge in [-0.25, -0.2) is 14.4 Å². The molecule has 0 aliphatic rings. The lowest BCUT2D eigenvalue weighted by Gasteiger charge is -2.02. The molecule has 92 valence electrons. The van der Waals surface area contributed by atoms with Gasteiger partial charge in [-0.1, -0.05) is 29.4 Å². The van der Waals surface area contributed by atoms with E-state index < -0.39 is 10.7 Å². The topological polar surface area (TPSA) is 68.9 Å². The van der Waals surface area contributed by atoms with Crippen LogP contribution in [0.4, 0.5) is 10.1 Å². The van der Waals surface area contributed by atoms with Gasteiger partial charge in [0.15, 0.2) is 5.03 Å². The summed E-state index contributed by atoms with van der Waals surface area (Å²) in [5.74, 6) is -0.428. The van der Waals surface area contributed by atoms with Crippen LogP contribution in [-0.4, -0.2) is 14.9 Å². The van der Waals surface area contributed by atoms with E-state index in [-0.39, 0.29) is 15.9 Å². The fourth-order valence-electron chi connectivity index (χ4n) is 1.21. The van der Waals surface area contributed by atoms with E-state index in [2.05, 4.69) is 9.97 Å². The fourth-order valence-corrected chi connectivity index (χ4v) is 2.38. The Morgan fingerprint density at radius 2 is 2.17 bits per heavy atom. The van der Waals surface area contributed by atoms with Crippen LogP contribution in [0.25, 0.3) is 0 Å². The lowest BCUT2D eigenvalue weighted by Crippen LogP contribution is -1.96. The molecule has 18 heavy (non-hydrogen) atoms. The highest BCUT2D eigenvalue weighted by molar-refractivity contribution is 7.99. The molecule has 0 spiro atoms. The van der Waals surface area contributed by atoms with E-state index in [0.29, 0.717) is 4.90 Å². The zero-order chi connectivity index (χ0) is 13.1. The Balaban J connectivity index is 2.40. The van der Waals surface area contributed by atoms with Gasteiger partial charge in [0.2, 0.25) is 5.15 Å². The Labute approximate surface area is 110 Å². The molecule has 0 bridgehead atoms. The SMILES string of the molecule is O=[N+]([O-])c1c(Cl)ncnc1Sc1cccc(F)c1. The third-order valence-corrected chi connectivity index (χ3v) is 3.20. The van der Waals surface area contributed by atoms with Crippen LogP contribution >= 0.6 is 23.4 Å². The third kappa shape index (κ3) is 2.74. The average molecular weight is 286 g/mol. The van der Waals surface area contributed by atoms with Crippen molar-refractivity contribution in [2.75, 3.05) is 0 Å². The van der Waals surface area contributed by atoms with E-state index in [0.717, 1.165) is 18.1 Å². The summed E-state index contributed by atoms with van der Waals surface area (Å²) in [5, 5.41) is 10.7. The maximum absolute atomic E-state index is 13.0. The summed E-state index contributed by atoms with van der Waals surface area (Å²) in [6, 6.07) is 5.66. The predicted octanol–water partition coefficient (Wildman–Crippen LogP) is 3.33. The molecule has 5 nitrogen and oxygen atoms in total. The number of nitrogens with zero attached hydrogens (tertiary/aromatic N) is 3. The molecule has 0 saturated heterocycles. The van der Waals surface area contributed by atoms with Gasteiger partial charge in [-0.3, -0.25) is 10.1 Å². The Morgan fingerprint density at radius 3 is 2.83 bits per heavy atom. The minimum atomic E-state index is -0.663. The van der Waals surface area contributed by atoms with Gasteiger partial charge < -0.3 is 0 Å². The maximum Gasteiger partial charge on any atom is 0.338 e. The number of halogens is 2. The standard InChI is InChI=1S/C10H5ClFN3O2S/c11-9-8(15(16)17)10(14-5-13-9)18-7-3-1-2-6(12)4-7/h1-5H. The number of nitro groups is 1. The van der Waals surface area contributed by atoms with E-state index in [4.69, 9.17) is 11.6 Å². The number of rotatable bonds is 3. The molecule has 0 saturated carbocycles. The van der Waals surface area contributed by atoms with Crippen LogP contribution in [0.15, 0.2) is 40.5 Å². The highest BCUT2D eigenvalue weighted by Crippen LogP contribution is 2.36. The molecule has 1 heterocycles. The van der Waals surface area contributed by atoms with Crippen molar-refractivity contribution in [2.45, 2.75) is 9.92 Å². The Morgan fingerprint density at radius 1 is 1.39 bits per heavy atom. The van der Waals surface area contributed by atoms with Crippen LogP contribution in [0.1, 0.15) is 0 Å². The van der Waals surface area contributed by atoms with Gasteiger partial charge in [-0.05, 0) is 18.2 Å². The van der Waals surface area contributed by atoms with Crippen molar-refractivity contribution < 1.29 is 9.31 Å². The van der Waals surface area contributed by atoms with Gasteiger partial charge in [0.1, 0.15) is 12.1 Å². The molecule has 0 unspecified atom stereocenters. The Kier molecular flexibility index (Phi) is 3.73. The number of benzene rings is 1. The smallest absolute Gasteiger partial charge is 0.258 e. The van der Waals surface area contributed by atoms with Crippen LogP contribution in [0.2, 0.25) is 5.15 Å². The summed E-state index contributed by atoms with van der Waals surface area (Å²) < 4.78 is 13.0. The molecule has 8 heteroatoms. The normalized spacial score (nSPS) is 10.3. The van der Waals surface area contributed by atoms with E-state index >= 15 is 0 Å². The maximum atomic E-state index is 13.0. The summed E-state index contributed by atoms with van der Waals surface area (Å²) in [6.45, 7) is 0. The van der Waals surface area contributed by atoms with Gasteiger partial charge in [-0.2, -0.15) is 0 Å². The molecule has 1 aromatic carbocycles. The fraction of sp³-hybridized carbons (Fsp3) is 0. The van der Waals surface area contributed by atoms with E-state index in [1.54, 1.807) is 6.07 Å². The molecule has 0 amide bonds. The number of hydrogen-bond acceptors (Lipinski definition) is 5. The second-order valence-electron chi connectivity index (χ2n) is 3.13. The first-order chi connectivity index (χ1) is 8.58. The van der Waals surface area contributed by atoms with E-state index in [9.17, 15) is 14.5 Å². The van der Waals surface area contributed by atoms with Gasteiger partial charge in [0, 0.05) is 4.90 Å². The number of hydrogen-bond donors (Lipinski definition) is 0. The van der Waals surface area contributed by atoms with Crippen LogP contribution in [0.3, 0.4) is 0 Å². The lowest BCUT2D eigenvalue weighted by molar-refractivity contribution is -0.388. The lowest BCUT2D eigenvalue weighted by atomic mass is 10.4. The molecule has 2 rings (SSSR count). The predicted molar refractivity (Wildman–Crippen MR) is 64.2 cm³/mol. The first-order valence-electron chi connectivity index (χ1n) is 4.66. The van der Waals surface area contributed by atoms with Crippen molar-refractivity contribution in [1.29, 1.82) is 0 Å². The van der Waals surface area contributed by atoms with Gasteiger partial charge in [-0.15, -0.1) is 0 Å². The van der Waals surface area contributed by atoms with Gasteiger partial charge in [0.05, 0.1) is 4.92 Å². The van der Waals surface area contributed by atoms with E-state index in [1.807, 2.05) is 0 Å². The summed E-state index contributed by atoms with van der Waals surface area (Å²) in [7, 11) is 0. The average Bonchev–Trinajstić information content (AvgIpc) is 2.28. The van der Waals surface area contributed by atoms with E-state index in [1.165, 1.54) is 18.2 Å². The molecule has 0 atom stereocenters. The Hall–Kier alpha value is -1.73. The van der Waals surface area contributed by atoms with Crippen LogP contribution in [-0.2, 0) is 0 Å². The largest absolute Gasteiger partial charge is 0.338 e. The first-order valence-corrected chi connectivity index (χ1v) is 5.85. The second kappa shape index (κ2) is 5.28. The number of aromatic nitrogens is 2. The molecule has 0 fully saturated rings. The van der Waals surface area contributed by atoms with Gasteiger partial charge in [0.25, 0.3) is 0 Å². The Bertz CT molecular complexity index is 611. The summed E-state index contributed by atoms with van der Waals surface area (Å²) >= 11 is 6.60. The summed E-state index contributed by atoms with van der Waals surface area (Å²) in [5.41, 5.74) is -0.381. The van der Waals surface area contributed by atoms with Crippen molar-refractivity contribution in [3.05, 3.63) is 51.7 Å². The van der Waals surface area contributed by atoms with Gasteiger partial charge >= 0.3 is 5.69 Å². The zero-order valence-electron chi connectivity index (χ0n) is 8.71. The highest BCUT2D eigenvalue weighted by atomic mass is 35.5. The molecule has 0 N–H and O–H groups in total. The monoisotopic (exact) mass is 285 g/mol. The summed E-state index contributed by atoms with van der Waals surface area (Å²) in [6.07, 6.45) is 1.12. The van der Waals surface area contributed by atoms with Crippen LogP contribution in [0.5, 0.6) is 0 Å². The first kappa shape index (κ1) is 12.7. The molecule has 0 aliphatic heterocycles. The molecule has 2 aromatic rings. The second-order valence-corrected chi connectivity index (χ2v) is 4.56. The third-order valence-electron chi connectivity index (χ3n) is 1.94. The molecule has 0 radical (unpaired) electrons. The van der Waals surface area contributed by atoms with Crippen molar-refractivity contribution in [2.24, 2.45) is 0 Å². The van der Waals surface area contributed by atoms with Crippen LogP contribution < -0.4 is 0 Å². The molecular formula is C10H5ClFN3O2S. The summed E-state index contributed by atoms with van der Waals surface area (Å²) in [4.78, 5) is 18.0. The van der Waals surface area contributed by atoms with Crippen molar-refractivity contribution in [3.8, 4) is 0 Å². The molecular weight excluding hydrogens is 281 g/mol. The minimum Gasteiger partial charge on any atom is -0.258 e. The quantitative estimate of drug-likeness (QED) is 0.491. The molecule has 0 aliphatic carbocycles. The van der Waals surface area contributed by atoms with Crippen molar-refractivity contribution in [3.63, 3.8) is 0 Å². The van der Waals surface area contributed by atoms with Crippen molar-refractivity contribution in [1.82, 2.24) is 9.97 Å². The zero-order valence-corrected chi connectivity index (χ0v) is 10.3.